The van der Waals surface area contributed by atoms with Crippen LogP contribution in [0.25, 0.3) is 0 Å². The van der Waals surface area contributed by atoms with Crippen molar-refractivity contribution >= 4 is 23.3 Å². The minimum absolute atomic E-state index is 0.0733. The summed E-state index contributed by atoms with van der Waals surface area (Å²) in [5, 5.41) is 3.60. The third kappa shape index (κ3) is 3.39. The molecule has 1 aliphatic heterocycles. The average Bonchev–Trinajstić information content (AvgIpc) is 2.58. The fraction of sp³-hybridized carbons (Fsp3) is 0.294. The zero-order valence-electron chi connectivity index (χ0n) is 12.2. The molecule has 22 heavy (non-hydrogen) atoms. The molecule has 0 spiro atoms. The van der Waals surface area contributed by atoms with Gasteiger partial charge < -0.3 is 10.2 Å². The van der Waals surface area contributed by atoms with Crippen LogP contribution in [0.2, 0.25) is 5.02 Å². The molecule has 0 bridgehead atoms. The number of piperidine rings is 1. The van der Waals surface area contributed by atoms with E-state index in [1.54, 1.807) is 18.3 Å². The lowest BCUT2D eigenvalue weighted by atomic mass is 9.97. The molecular formula is C17H18ClN3O. The van der Waals surface area contributed by atoms with Crippen LogP contribution in [0.1, 0.15) is 30.9 Å². The van der Waals surface area contributed by atoms with Gasteiger partial charge in [0, 0.05) is 29.6 Å². The summed E-state index contributed by atoms with van der Waals surface area (Å²) in [6, 6.07) is 11.1. The fourth-order valence-corrected chi connectivity index (χ4v) is 2.95. The van der Waals surface area contributed by atoms with E-state index in [-0.39, 0.29) is 12.1 Å². The molecule has 2 aromatic rings. The SMILES string of the molecule is O=C(Nc1ccc(Cl)cc1)N1CCCC[C@H]1c1cccnc1. The van der Waals surface area contributed by atoms with Crippen molar-refractivity contribution in [2.45, 2.75) is 25.3 Å². The third-order valence-corrected chi connectivity index (χ3v) is 4.18. The van der Waals surface area contributed by atoms with Crippen LogP contribution in [0.15, 0.2) is 48.8 Å². The Kier molecular flexibility index (Phi) is 4.59. The number of urea groups is 1. The predicted molar refractivity (Wildman–Crippen MR) is 88.0 cm³/mol. The van der Waals surface area contributed by atoms with Crippen molar-refractivity contribution in [2.24, 2.45) is 0 Å². The normalized spacial score (nSPS) is 18.0. The van der Waals surface area contributed by atoms with Crippen LogP contribution >= 0.6 is 11.6 Å². The van der Waals surface area contributed by atoms with Gasteiger partial charge in [0.1, 0.15) is 0 Å². The summed E-state index contributed by atoms with van der Waals surface area (Å²) in [4.78, 5) is 18.7. The van der Waals surface area contributed by atoms with Gasteiger partial charge >= 0.3 is 6.03 Å². The molecule has 1 atom stereocenters. The van der Waals surface area contributed by atoms with E-state index in [1.165, 1.54) is 0 Å². The van der Waals surface area contributed by atoms with Crippen molar-refractivity contribution in [3.05, 3.63) is 59.4 Å². The molecule has 3 rings (SSSR count). The number of likely N-dealkylation sites (tertiary alicyclic amines) is 1. The van der Waals surface area contributed by atoms with Crippen LogP contribution in [0.5, 0.6) is 0 Å². The van der Waals surface area contributed by atoms with Gasteiger partial charge in [-0.15, -0.1) is 0 Å². The lowest BCUT2D eigenvalue weighted by Crippen LogP contribution is -2.41. The summed E-state index contributed by atoms with van der Waals surface area (Å²) in [6.45, 7) is 0.763. The van der Waals surface area contributed by atoms with Crippen LogP contribution in [-0.2, 0) is 0 Å². The zero-order chi connectivity index (χ0) is 15.4. The maximum absolute atomic E-state index is 12.6. The third-order valence-electron chi connectivity index (χ3n) is 3.93. The first-order valence-corrected chi connectivity index (χ1v) is 7.85. The summed E-state index contributed by atoms with van der Waals surface area (Å²) in [5.41, 5.74) is 1.85. The number of amides is 2. The van der Waals surface area contributed by atoms with E-state index in [0.717, 1.165) is 37.1 Å². The number of carbonyl (C=O) groups excluding carboxylic acids is 1. The lowest BCUT2D eigenvalue weighted by Gasteiger charge is -2.35. The molecule has 0 saturated carbocycles. The molecule has 1 aromatic heterocycles. The highest BCUT2D eigenvalue weighted by Crippen LogP contribution is 2.31. The average molecular weight is 316 g/mol. The van der Waals surface area contributed by atoms with Crippen LogP contribution in [0.4, 0.5) is 10.5 Å². The molecule has 1 N–H and O–H groups in total. The Balaban J connectivity index is 1.75. The summed E-state index contributed by atoms with van der Waals surface area (Å²) in [7, 11) is 0. The van der Waals surface area contributed by atoms with E-state index in [4.69, 9.17) is 11.6 Å². The molecule has 114 valence electrons. The van der Waals surface area contributed by atoms with Crippen molar-refractivity contribution in [3.8, 4) is 0 Å². The minimum atomic E-state index is -0.0733. The highest BCUT2D eigenvalue weighted by molar-refractivity contribution is 6.30. The summed E-state index contributed by atoms with van der Waals surface area (Å²) >= 11 is 5.87. The number of anilines is 1. The Hall–Kier alpha value is -2.07. The van der Waals surface area contributed by atoms with E-state index >= 15 is 0 Å². The second kappa shape index (κ2) is 6.79. The molecule has 2 amide bonds. The topological polar surface area (TPSA) is 45.2 Å². The number of hydrogen-bond acceptors (Lipinski definition) is 2. The number of carbonyl (C=O) groups is 1. The molecule has 0 aliphatic carbocycles. The Labute approximate surface area is 135 Å². The smallest absolute Gasteiger partial charge is 0.317 e. The Morgan fingerprint density at radius 2 is 2.05 bits per heavy atom. The quantitative estimate of drug-likeness (QED) is 0.887. The maximum Gasteiger partial charge on any atom is 0.322 e. The Morgan fingerprint density at radius 3 is 2.77 bits per heavy atom. The van der Waals surface area contributed by atoms with E-state index in [9.17, 15) is 4.79 Å². The van der Waals surface area contributed by atoms with Gasteiger partial charge in [0.25, 0.3) is 0 Å². The molecule has 5 heteroatoms. The van der Waals surface area contributed by atoms with Gasteiger partial charge in [-0.05, 0) is 55.2 Å². The van der Waals surface area contributed by atoms with Crippen LogP contribution < -0.4 is 5.32 Å². The highest BCUT2D eigenvalue weighted by atomic mass is 35.5. The van der Waals surface area contributed by atoms with E-state index in [2.05, 4.69) is 10.3 Å². The maximum atomic E-state index is 12.6. The Bertz CT molecular complexity index is 630. The standard InChI is InChI=1S/C17H18ClN3O/c18-14-6-8-15(9-7-14)20-17(22)21-11-2-1-5-16(21)13-4-3-10-19-12-13/h3-4,6-10,12,16H,1-2,5,11H2,(H,20,22)/t16-/m0/s1. The van der Waals surface area contributed by atoms with Gasteiger partial charge in [-0.3, -0.25) is 4.98 Å². The molecule has 1 aromatic carbocycles. The number of hydrogen-bond donors (Lipinski definition) is 1. The van der Waals surface area contributed by atoms with Gasteiger partial charge in [-0.2, -0.15) is 0 Å². The lowest BCUT2D eigenvalue weighted by molar-refractivity contribution is 0.163. The predicted octanol–water partition coefficient (Wildman–Crippen LogP) is 4.49. The summed E-state index contributed by atoms with van der Waals surface area (Å²) < 4.78 is 0. The largest absolute Gasteiger partial charge is 0.322 e. The van der Waals surface area contributed by atoms with Gasteiger partial charge in [0.2, 0.25) is 0 Å². The van der Waals surface area contributed by atoms with Gasteiger partial charge in [0.15, 0.2) is 0 Å². The number of benzene rings is 1. The van der Waals surface area contributed by atoms with Crippen molar-refractivity contribution in [1.29, 1.82) is 0 Å². The number of pyridine rings is 1. The number of nitrogens with one attached hydrogen (secondary N) is 1. The molecule has 0 radical (unpaired) electrons. The fourth-order valence-electron chi connectivity index (χ4n) is 2.82. The monoisotopic (exact) mass is 315 g/mol. The summed E-state index contributed by atoms with van der Waals surface area (Å²) in [6.07, 6.45) is 6.73. The number of rotatable bonds is 2. The Morgan fingerprint density at radius 1 is 1.23 bits per heavy atom. The first kappa shape index (κ1) is 14.9. The van der Waals surface area contributed by atoms with Crippen LogP contribution in [0, 0.1) is 0 Å². The van der Waals surface area contributed by atoms with Crippen molar-refractivity contribution in [1.82, 2.24) is 9.88 Å². The zero-order valence-corrected chi connectivity index (χ0v) is 13.0. The van der Waals surface area contributed by atoms with E-state index in [0.29, 0.717) is 5.02 Å². The second-order valence-electron chi connectivity index (χ2n) is 5.43. The molecule has 0 unspecified atom stereocenters. The first-order valence-electron chi connectivity index (χ1n) is 7.47. The molecule has 4 nitrogen and oxygen atoms in total. The molecule has 1 aliphatic rings. The first-order chi connectivity index (χ1) is 10.7. The van der Waals surface area contributed by atoms with E-state index in [1.807, 2.05) is 35.4 Å². The van der Waals surface area contributed by atoms with Gasteiger partial charge in [-0.1, -0.05) is 17.7 Å². The molecular weight excluding hydrogens is 298 g/mol. The van der Waals surface area contributed by atoms with Crippen molar-refractivity contribution in [2.75, 3.05) is 11.9 Å². The van der Waals surface area contributed by atoms with Gasteiger partial charge in [0.05, 0.1) is 6.04 Å². The minimum Gasteiger partial charge on any atom is -0.317 e. The highest BCUT2D eigenvalue weighted by Gasteiger charge is 2.28. The number of halogens is 1. The number of aromatic nitrogens is 1. The summed E-state index contributed by atoms with van der Waals surface area (Å²) in [5.74, 6) is 0. The molecule has 2 heterocycles. The van der Waals surface area contributed by atoms with Crippen molar-refractivity contribution < 1.29 is 4.79 Å². The van der Waals surface area contributed by atoms with E-state index < -0.39 is 0 Å². The second-order valence-corrected chi connectivity index (χ2v) is 5.86. The van der Waals surface area contributed by atoms with Crippen LogP contribution in [0.3, 0.4) is 0 Å². The molecule has 1 saturated heterocycles. The van der Waals surface area contributed by atoms with Crippen LogP contribution in [-0.4, -0.2) is 22.5 Å². The van der Waals surface area contributed by atoms with Crippen molar-refractivity contribution in [3.63, 3.8) is 0 Å². The van der Waals surface area contributed by atoms with Gasteiger partial charge in [-0.25, -0.2) is 4.79 Å². The molecule has 1 fully saturated rings. The number of nitrogens with zero attached hydrogens (tertiary/aromatic N) is 2.